The molecule has 0 aliphatic heterocycles. The normalized spacial score (nSPS) is 20.8. The lowest BCUT2D eigenvalue weighted by Gasteiger charge is -2.36. The van der Waals surface area contributed by atoms with Gasteiger partial charge in [-0.05, 0) is 31.1 Å². The van der Waals surface area contributed by atoms with Crippen molar-refractivity contribution in [1.29, 1.82) is 0 Å². The molecular formula is C12H25N. The SMILES string of the molecule is CC(C)C[C@@H](NC(C)C)C1CCC1. The summed E-state index contributed by atoms with van der Waals surface area (Å²) in [7, 11) is 0. The van der Waals surface area contributed by atoms with Crippen LogP contribution in [0.2, 0.25) is 0 Å². The van der Waals surface area contributed by atoms with Gasteiger partial charge in [0.15, 0.2) is 0 Å². The number of hydrogen-bond donors (Lipinski definition) is 1. The largest absolute Gasteiger partial charge is 0.311 e. The van der Waals surface area contributed by atoms with Gasteiger partial charge in [0, 0.05) is 12.1 Å². The summed E-state index contributed by atoms with van der Waals surface area (Å²) >= 11 is 0. The van der Waals surface area contributed by atoms with Gasteiger partial charge in [-0.2, -0.15) is 0 Å². The molecule has 0 heterocycles. The first-order chi connectivity index (χ1) is 6.09. The molecule has 0 aromatic rings. The van der Waals surface area contributed by atoms with Gasteiger partial charge in [-0.25, -0.2) is 0 Å². The third-order valence-corrected chi connectivity index (χ3v) is 2.99. The van der Waals surface area contributed by atoms with Crippen LogP contribution in [0.4, 0.5) is 0 Å². The van der Waals surface area contributed by atoms with E-state index in [1.165, 1.54) is 25.7 Å². The summed E-state index contributed by atoms with van der Waals surface area (Å²) in [4.78, 5) is 0. The van der Waals surface area contributed by atoms with E-state index >= 15 is 0 Å². The molecule has 1 aliphatic rings. The Morgan fingerprint density at radius 1 is 1.15 bits per heavy atom. The van der Waals surface area contributed by atoms with E-state index in [4.69, 9.17) is 0 Å². The van der Waals surface area contributed by atoms with Gasteiger partial charge in [-0.1, -0.05) is 34.1 Å². The Morgan fingerprint density at radius 3 is 2.08 bits per heavy atom. The highest BCUT2D eigenvalue weighted by Gasteiger charge is 2.27. The monoisotopic (exact) mass is 183 g/mol. The minimum atomic E-state index is 0.643. The summed E-state index contributed by atoms with van der Waals surface area (Å²) in [6, 6.07) is 1.43. The van der Waals surface area contributed by atoms with E-state index in [-0.39, 0.29) is 0 Å². The molecule has 1 N–H and O–H groups in total. The Kier molecular flexibility index (Phi) is 4.24. The number of nitrogens with one attached hydrogen (secondary N) is 1. The van der Waals surface area contributed by atoms with Crippen molar-refractivity contribution >= 4 is 0 Å². The van der Waals surface area contributed by atoms with Gasteiger partial charge >= 0.3 is 0 Å². The molecule has 0 bridgehead atoms. The highest BCUT2D eigenvalue weighted by Crippen LogP contribution is 2.32. The van der Waals surface area contributed by atoms with Crippen LogP contribution in [0.3, 0.4) is 0 Å². The third-order valence-electron chi connectivity index (χ3n) is 2.99. The lowest BCUT2D eigenvalue weighted by molar-refractivity contribution is 0.197. The van der Waals surface area contributed by atoms with Crippen LogP contribution in [-0.4, -0.2) is 12.1 Å². The van der Waals surface area contributed by atoms with Crippen molar-refractivity contribution in [2.24, 2.45) is 11.8 Å². The Hall–Kier alpha value is -0.0400. The molecule has 0 amide bonds. The molecule has 1 atom stereocenters. The summed E-state index contributed by atoms with van der Waals surface area (Å²) in [5, 5.41) is 3.71. The number of hydrogen-bond acceptors (Lipinski definition) is 1. The quantitative estimate of drug-likeness (QED) is 0.690. The molecule has 0 radical (unpaired) electrons. The van der Waals surface area contributed by atoms with Gasteiger partial charge in [0.05, 0.1) is 0 Å². The minimum absolute atomic E-state index is 0.643. The average Bonchev–Trinajstić information content (AvgIpc) is 1.78. The van der Waals surface area contributed by atoms with Crippen molar-refractivity contribution in [2.75, 3.05) is 0 Å². The molecule has 1 fully saturated rings. The van der Waals surface area contributed by atoms with E-state index in [0.717, 1.165) is 17.9 Å². The van der Waals surface area contributed by atoms with Crippen LogP contribution in [0, 0.1) is 11.8 Å². The maximum atomic E-state index is 3.71. The molecule has 78 valence electrons. The second-order valence-corrected chi connectivity index (χ2v) is 5.25. The second kappa shape index (κ2) is 4.99. The maximum absolute atomic E-state index is 3.71. The second-order valence-electron chi connectivity index (χ2n) is 5.25. The Morgan fingerprint density at radius 2 is 1.77 bits per heavy atom. The molecule has 13 heavy (non-hydrogen) atoms. The predicted octanol–water partition coefficient (Wildman–Crippen LogP) is 3.20. The van der Waals surface area contributed by atoms with Gasteiger partial charge in [0.25, 0.3) is 0 Å². The van der Waals surface area contributed by atoms with Crippen LogP contribution in [-0.2, 0) is 0 Å². The van der Waals surface area contributed by atoms with Crippen LogP contribution in [0.15, 0.2) is 0 Å². The van der Waals surface area contributed by atoms with E-state index < -0.39 is 0 Å². The molecule has 1 saturated carbocycles. The summed E-state index contributed by atoms with van der Waals surface area (Å²) < 4.78 is 0. The highest BCUT2D eigenvalue weighted by atomic mass is 14.9. The molecule has 1 heteroatoms. The summed E-state index contributed by atoms with van der Waals surface area (Å²) in [6.07, 6.45) is 5.72. The molecule has 0 saturated heterocycles. The summed E-state index contributed by atoms with van der Waals surface area (Å²) in [5.41, 5.74) is 0. The Balaban J connectivity index is 2.33. The van der Waals surface area contributed by atoms with Gasteiger partial charge in [-0.3, -0.25) is 0 Å². The molecule has 1 nitrogen and oxygen atoms in total. The third kappa shape index (κ3) is 3.68. The van der Waals surface area contributed by atoms with Crippen LogP contribution in [0.1, 0.15) is 53.4 Å². The highest BCUT2D eigenvalue weighted by molar-refractivity contribution is 4.84. The Labute approximate surface area is 83.3 Å². The van der Waals surface area contributed by atoms with Crippen LogP contribution in [0.5, 0.6) is 0 Å². The minimum Gasteiger partial charge on any atom is -0.311 e. The van der Waals surface area contributed by atoms with Gasteiger partial charge < -0.3 is 5.32 Å². The predicted molar refractivity (Wildman–Crippen MR) is 58.9 cm³/mol. The smallest absolute Gasteiger partial charge is 0.0100 e. The van der Waals surface area contributed by atoms with Crippen molar-refractivity contribution in [3.8, 4) is 0 Å². The van der Waals surface area contributed by atoms with E-state index in [2.05, 4.69) is 33.0 Å². The maximum Gasteiger partial charge on any atom is 0.0100 e. The van der Waals surface area contributed by atoms with E-state index in [9.17, 15) is 0 Å². The fraction of sp³-hybridized carbons (Fsp3) is 1.00. The van der Waals surface area contributed by atoms with E-state index in [0.29, 0.717) is 6.04 Å². The fourth-order valence-corrected chi connectivity index (χ4v) is 2.17. The van der Waals surface area contributed by atoms with Crippen molar-refractivity contribution in [3.05, 3.63) is 0 Å². The number of rotatable bonds is 5. The lowest BCUT2D eigenvalue weighted by atomic mass is 9.77. The van der Waals surface area contributed by atoms with Crippen molar-refractivity contribution < 1.29 is 0 Å². The molecule has 1 rings (SSSR count). The fourth-order valence-electron chi connectivity index (χ4n) is 2.17. The molecule has 0 aromatic carbocycles. The molecule has 0 unspecified atom stereocenters. The van der Waals surface area contributed by atoms with Gasteiger partial charge in [0.2, 0.25) is 0 Å². The summed E-state index contributed by atoms with van der Waals surface area (Å²) in [5.74, 6) is 1.81. The Bertz CT molecular complexity index is 126. The topological polar surface area (TPSA) is 12.0 Å². The van der Waals surface area contributed by atoms with Gasteiger partial charge in [0.1, 0.15) is 0 Å². The summed E-state index contributed by atoms with van der Waals surface area (Å²) in [6.45, 7) is 9.17. The molecular weight excluding hydrogens is 158 g/mol. The zero-order valence-corrected chi connectivity index (χ0v) is 9.64. The van der Waals surface area contributed by atoms with E-state index in [1.54, 1.807) is 0 Å². The van der Waals surface area contributed by atoms with Crippen LogP contribution in [0.25, 0.3) is 0 Å². The molecule has 0 spiro atoms. The van der Waals surface area contributed by atoms with Crippen LogP contribution >= 0.6 is 0 Å². The van der Waals surface area contributed by atoms with Crippen LogP contribution < -0.4 is 5.32 Å². The molecule has 0 aromatic heterocycles. The van der Waals surface area contributed by atoms with E-state index in [1.807, 2.05) is 0 Å². The first-order valence-electron chi connectivity index (χ1n) is 5.85. The van der Waals surface area contributed by atoms with Gasteiger partial charge in [-0.15, -0.1) is 0 Å². The molecule has 1 aliphatic carbocycles. The van der Waals surface area contributed by atoms with Crippen molar-refractivity contribution in [2.45, 2.75) is 65.5 Å². The average molecular weight is 183 g/mol. The standard InChI is InChI=1S/C12H25N/c1-9(2)8-12(13-10(3)4)11-6-5-7-11/h9-13H,5-8H2,1-4H3/t12-/m1/s1. The zero-order chi connectivity index (χ0) is 9.84. The lowest BCUT2D eigenvalue weighted by Crippen LogP contribution is -2.43. The first-order valence-corrected chi connectivity index (χ1v) is 5.85. The zero-order valence-electron chi connectivity index (χ0n) is 9.64. The van der Waals surface area contributed by atoms with Crippen molar-refractivity contribution in [3.63, 3.8) is 0 Å². The first kappa shape index (κ1) is 11.0. The van der Waals surface area contributed by atoms with Crippen molar-refractivity contribution in [1.82, 2.24) is 5.32 Å².